The average Bonchev–Trinajstić information content (AvgIpc) is 2.80. The Labute approximate surface area is 208 Å². The zero-order valence-electron chi connectivity index (χ0n) is 17.4. The van der Waals surface area contributed by atoms with E-state index in [2.05, 4.69) is 36.4 Å². The van der Waals surface area contributed by atoms with E-state index in [-0.39, 0.29) is 22.5 Å². The molecule has 2 heterocycles. The van der Waals surface area contributed by atoms with Gasteiger partial charge in [-0.1, -0.05) is 51.3 Å². The molecule has 0 spiro atoms. The van der Waals surface area contributed by atoms with Crippen LogP contribution in [0.25, 0.3) is 11.1 Å². The maximum Gasteiger partial charge on any atom is 0.245 e. The van der Waals surface area contributed by atoms with Gasteiger partial charge in [0.25, 0.3) is 0 Å². The quantitative estimate of drug-likeness (QED) is 0.313. The molecule has 1 aliphatic heterocycles. The first-order valence-electron chi connectivity index (χ1n) is 9.97. The fourth-order valence-corrected chi connectivity index (χ4v) is 4.85. The van der Waals surface area contributed by atoms with E-state index < -0.39 is 5.82 Å². The number of nitrogens with zero attached hydrogens (tertiary/aromatic N) is 4. The Hall–Kier alpha value is -2.46. The fourth-order valence-electron chi connectivity index (χ4n) is 3.47. The van der Waals surface area contributed by atoms with E-state index in [9.17, 15) is 9.50 Å². The van der Waals surface area contributed by atoms with Gasteiger partial charge in [0.05, 0.1) is 30.6 Å². The number of phenols is 1. The van der Waals surface area contributed by atoms with Crippen LogP contribution in [0.15, 0.2) is 40.0 Å². The molecule has 0 amide bonds. The number of hydrazone groups is 1. The Morgan fingerprint density at radius 1 is 1.27 bits per heavy atom. The Morgan fingerprint density at radius 3 is 2.76 bits per heavy atom. The van der Waals surface area contributed by atoms with Gasteiger partial charge >= 0.3 is 0 Å². The monoisotopic (exact) mass is 553 g/mol. The highest BCUT2D eigenvalue weighted by molar-refractivity contribution is 9.10. The van der Waals surface area contributed by atoms with Gasteiger partial charge in [0.15, 0.2) is 11.6 Å². The highest BCUT2D eigenvalue weighted by atomic mass is 79.9. The molecule has 0 bridgehead atoms. The van der Waals surface area contributed by atoms with Gasteiger partial charge in [0.2, 0.25) is 5.95 Å². The summed E-state index contributed by atoms with van der Waals surface area (Å²) in [6, 6.07) is 7.19. The molecule has 172 valence electrons. The van der Waals surface area contributed by atoms with Gasteiger partial charge in [0, 0.05) is 39.3 Å². The van der Waals surface area contributed by atoms with Crippen LogP contribution in [0.1, 0.15) is 11.1 Å². The van der Waals surface area contributed by atoms with E-state index in [4.69, 9.17) is 27.9 Å². The molecule has 0 aliphatic carbocycles. The highest BCUT2D eigenvalue weighted by Crippen LogP contribution is 2.45. The van der Waals surface area contributed by atoms with Gasteiger partial charge < -0.3 is 14.7 Å². The largest absolute Gasteiger partial charge is 0.506 e. The standard InChI is InChI=1S/C22H19BrCl2FN5O2/c1-12-3-2-4-15(24)17(12)18-14(23)9-13(20(32)19(18)25)10-28-30-22-27-11-16(26)21(29-22)31-5-7-33-8-6-31/h2-4,9-11,32H,5-8H2,1H3,(H,27,29,30)/b28-10-. The van der Waals surface area contributed by atoms with E-state index in [0.29, 0.717) is 46.9 Å². The molecule has 0 radical (unpaired) electrons. The van der Waals surface area contributed by atoms with Crippen molar-refractivity contribution in [1.82, 2.24) is 9.97 Å². The molecule has 2 N–H and O–H groups in total. The summed E-state index contributed by atoms with van der Waals surface area (Å²) in [5.74, 6) is -0.389. The predicted octanol–water partition coefficient (Wildman–Crippen LogP) is 5.65. The summed E-state index contributed by atoms with van der Waals surface area (Å²) in [6.07, 6.45) is 2.46. The minimum absolute atomic E-state index is 0.113. The Kier molecular flexibility index (Phi) is 7.33. The van der Waals surface area contributed by atoms with Crippen molar-refractivity contribution < 1.29 is 14.2 Å². The number of hydrogen-bond acceptors (Lipinski definition) is 7. The molecule has 11 heteroatoms. The van der Waals surface area contributed by atoms with Crippen LogP contribution in [0.3, 0.4) is 0 Å². The zero-order chi connectivity index (χ0) is 23.5. The molecular weight excluding hydrogens is 536 g/mol. The summed E-state index contributed by atoms with van der Waals surface area (Å²) in [5.41, 5.74) is 5.23. The van der Waals surface area contributed by atoms with Crippen LogP contribution in [0.5, 0.6) is 5.75 Å². The maximum absolute atomic E-state index is 14.2. The predicted molar refractivity (Wildman–Crippen MR) is 132 cm³/mol. The lowest BCUT2D eigenvalue weighted by Crippen LogP contribution is -2.37. The number of anilines is 2. The number of nitrogens with one attached hydrogen (secondary N) is 1. The van der Waals surface area contributed by atoms with E-state index in [0.717, 1.165) is 17.3 Å². The Balaban J connectivity index is 1.58. The smallest absolute Gasteiger partial charge is 0.245 e. The van der Waals surface area contributed by atoms with Gasteiger partial charge in [-0.25, -0.2) is 14.8 Å². The Bertz CT molecular complexity index is 1200. The SMILES string of the molecule is Cc1cccc(Cl)c1-c1c(Br)cc(/C=N\Nc2ncc(F)c(N3CCOCC3)n2)c(O)c1Cl. The summed E-state index contributed by atoms with van der Waals surface area (Å²) < 4.78 is 20.1. The van der Waals surface area contributed by atoms with Crippen LogP contribution < -0.4 is 10.3 Å². The lowest BCUT2D eigenvalue weighted by molar-refractivity contribution is 0.122. The topological polar surface area (TPSA) is 82.9 Å². The third-order valence-electron chi connectivity index (χ3n) is 5.10. The first-order chi connectivity index (χ1) is 15.9. The minimum Gasteiger partial charge on any atom is -0.506 e. The normalized spacial score (nSPS) is 14.2. The number of aromatic hydroxyl groups is 1. The van der Waals surface area contributed by atoms with Crippen molar-refractivity contribution in [2.24, 2.45) is 5.10 Å². The molecule has 7 nitrogen and oxygen atoms in total. The molecule has 0 atom stereocenters. The first kappa shape index (κ1) is 23.7. The molecule has 0 saturated carbocycles. The lowest BCUT2D eigenvalue weighted by Gasteiger charge is -2.27. The highest BCUT2D eigenvalue weighted by Gasteiger charge is 2.20. The second kappa shape index (κ2) is 10.2. The van der Waals surface area contributed by atoms with E-state index in [1.54, 1.807) is 17.0 Å². The third kappa shape index (κ3) is 5.06. The number of hydrogen-bond donors (Lipinski definition) is 2. The number of halogens is 4. The zero-order valence-corrected chi connectivity index (χ0v) is 20.5. The number of phenolic OH excluding ortho intramolecular Hbond substituents is 1. The fraction of sp³-hybridized carbons (Fsp3) is 0.227. The van der Waals surface area contributed by atoms with E-state index >= 15 is 0 Å². The molecule has 1 saturated heterocycles. The molecule has 1 aromatic heterocycles. The number of rotatable bonds is 5. The summed E-state index contributed by atoms with van der Waals surface area (Å²) in [7, 11) is 0. The van der Waals surface area contributed by atoms with Crippen molar-refractivity contribution in [3.8, 4) is 16.9 Å². The number of aromatic nitrogens is 2. The second-order valence-corrected chi connectivity index (χ2v) is 8.89. The van der Waals surface area contributed by atoms with Crippen LogP contribution in [-0.4, -0.2) is 47.6 Å². The van der Waals surface area contributed by atoms with Gasteiger partial charge in [-0.2, -0.15) is 10.1 Å². The summed E-state index contributed by atoms with van der Waals surface area (Å²) in [5, 5.41) is 15.4. The molecular formula is C22H19BrCl2FN5O2. The number of ether oxygens (including phenoxy) is 1. The molecule has 3 aromatic rings. The van der Waals surface area contributed by atoms with Crippen LogP contribution in [0.4, 0.5) is 16.2 Å². The molecule has 1 fully saturated rings. The summed E-state index contributed by atoms with van der Waals surface area (Å²) in [6.45, 7) is 3.99. The van der Waals surface area contributed by atoms with Crippen molar-refractivity contribution >= 4 is 57.1 Å². The van der Waals surface area contributed by atoms with E-state index in [1.807, 2.05) is 19.1 Å². The Morgan fingerprint density at radius 2 is 2.03 bits per heavy atom. The molecule has 1 aliphatic rings. The van der Waals surface area contributed by atoms with Crippen LogP contribution in [-0.2, 0) is 4.74 Å². The van der Waals surface area contributed by atoms with Crippen LogP contribution in [0.2, 0.25) is 10.0 Å². The average molecular weight is 555 g/mol. The molecule has 0 unspecified atom stereocenters. The van der Waals surface area contributed by atoms with E-state index in [1.165, 1.54) is 6.21 Å². The second-order valence-electron chi connectivity index (χ2n) is 7.25. The molecule has 2 aromatic carbocycles. The van der Waals surface area contributed by atoms with Gasteiger partial charge in [-0.3, -0.25) is 0 Å². The first-order valence-corrected chi connectivity index (χ1v) is 11.5. The van der Waals surface area contributed by atoms with Crippen LogP contribution >= 0.6 is 39.1 Å². The van der Waals surface area contributed by atoms with Gasteiger partial charge in [-0.05, 0) is 24.6 Å². The summed E-state index contributed by atoms with van der Waals surface area (Å²) in [4.78, 5) is 9.90. The van der Waals surface area contributed by atoms with Crippen molar-refractivity contribution in [3.63, 3.8) is 0 Å². The van der Waals surface area contributed by atoms with Crippen LogP contribution in [0, 0.1) is 12.7 Å². The maximum atomic E-state index is 14.2. The lowest BCUT2D eigenvalue weighted by atomic mass is 9.98. The van der Waals surface area contributed by atoms with Crippen molar-refractivity contribution in [1.29, 1.82) is 0 Å². The number of morpholine rings is 1. The van der Waals surface area contributed by atoms with Gasteiger partial charge in [0.1, 0.15) is 5.75 Å². The third-order valence-corrected chi connectivity index (χ3v) is 6.41. The van der Waals surface area contributed by atoms with Gasteiger partial charge in [-0.15, -0.1) is 0 Å². The molecule has 4 rings (SSSR count). The summed E-state index contributed by atoms with van der Waals surface area (Å²) >= 11 is 16.4. The van der Waals surface area contributed by atoms with Crippen molar-refractivity contribution in [3.05, 3.63) is 61.9 Å². The molecule has 33 heavy (non-hydrogen) atoms. The van der Waals surface area contributed by atoms with Crippen molar-refractivity contribution in [2.45, 2.75) is 6.92 Å². The van der Waals surface area contributed by atoms with Crippen molar-refractivity contribution in [2.75, 3.05) is 36.6 Å². The number of benzene rings is 2. The number of aryl methyl sites for hydroxylation is 1. The minimum atomic E-state index is -0.523.